The zero-order valence-electron chi connectivity index (χ0n) is 36.2. The third-order valence-corrected chi connectivity index (χ3v) is 13.4. The first kappa shape index (κ1) is 43.3. The Morgan fingerprint density at radius 2 is 1.05 bits per heavy atom. The SMILES string of the molecule is CCC1(COCCCCCCCc2ccc(C(=O)Oc3ccc4c(c3)C(C)c3cc(-c5ccc(CCCCCCCOCC6(CC)COC6)cc5)ccc3-4)cc2)COC1. The van der Waals surface area contributed by atoms with Gasteiger partial charge in [0.15, 0.2) is 0 Å². The molecule has 0 amide bonds. The lowest BCUT2D eigenvalue weighted by atomic mass is 9.84. The topological polar surface area (TPSA) is 63.2 Å². The Bertz CT molecular complexity index is 1910. The zero-order chi connectivity index (χ0) is 40.9. The van der Waals surface area contributed by atoms with Gasteiger partial charge >= 0.3 is 5.97 Å². The quantitative estimate of drug-likeness (QED) is 0.0378. The maximum atomic E-state index is 13.2. The molecule has 0 N–H and O–H groups in total. The summed E-state index contributed by atoms with van der Waals surface area (Å²) in [6.07, 6.45) is 16.5. The van der Waals surface area contributed by atoms with E-state index in [4.69, 9.17) is 23.7 Å². The second-order valence-corrected chi connectivity index (χ2v) is 17.9. The van der Waals surface area contributed by atoms with E-state index >= 15 is 0 Å². The molecule has 316 valence electrons. The molecule has 4 aromatic carbocycles. The normalized spacial score (nSPS) is 17.2. The van der Waals surface area contributed by atoms with Gasteiger partial charge in [0.25, 0.3) is 0 Å². The molecule has 2 heterocycles. The molecule has 0 saturated carbocycles. The number of hydrogen-bond donors (Lipinski definition) is 0. The van der Waals surface area contributed by atoms with Crippen molar-refractivity contribution in [1.29, 1.82) is 0 Å². The van der Waals surface area contributed by atoms with Crippen LogP contribution < -0.4 is 4.74 Å². The molecule has 4 aromatic rings. The van der Waals surface area contributed by atoms with Gasteiger partial charge in [-0.05, 0) is 126 Å². The van der Waals surface area contributed by atoms with Gasteiger partial charge < -0.3 is 23.7 Å². The Kier molecular flexibility index (Phi) is 15.5. The van der Waals surface area contributed by atoms with Crippen molar-refractivity contribution in [3.63, 3.8) is 0 Å². The van der Waals surface area contributed by atoms with Crippen molar-refractivity contribution >= 4 is 5.97 Å². The summed E-state index contributed by atoms with van der Waals surface area (Å²) in [5, 5.41) is 0. The summed E-state index contributed by atoms with van der Waals surface area (Å²) in [4.78, 5) is 13.2. The molecule has 3 aliphatic rings. The summed E-state index contributed by atoms with van der Waals surface area (Å²) in [7, 11) is 0. The van der Waals surface area contributed by atoms with Gasteiger partial charge in [-0.15, -0.1) is 0 Å². The first-order valence-corrected chi connectivity index (χ1v) is 22.9. The van der Waals surface area contributed by atoms with Crippen molar-refractivity contribution < 1.29 is 28.5 Å². The molecule has 6 heteroatoms. The number of esters is 1. The van der Waals surface area contributed by atoms with Gasteiger partial charge in [0.1, 0.15) is 5.75 Å². The van der Waals surface area contributed by atoms with Gasteiger partial charge in [0.05, 0.1) is 45.2 Å². The fourth-order valence-electron chi connectivity index (χ4n) is 8.82. The fourth-order valence-corrected chi connectivity index (χ4v) is 8.82. The summed E-state index contributed by atoms with van der Waals surface area (Å²) in [5.74, 6) is 0.487. The van der Waals surface area contributed by atoms with Crippen LogP contribution in [0.1, 0.15) is 136 Å². The van der Waals surface area contributed by atoms with Crippen LogP contribution in [-0.4, -0.2) is 58.8 Å². The Balaban J connectivity index is 0.801. The molecule has 0 bridgehead atoms. The number of unbranched alkanes of at least 4 members (excludes halogenated alkanes) is 8. The van der Waals surface area contributed by atoms with Crippen LogP contribution in [-0.2, 0) is 31.8 Å². The monoisotopic (exact) mass is 801 g/mol. The molecule has 2 aliphatic heterocycles. The second kappa shape index (κ2) is 21.1. The smallest absolute Gasteiger partial charge is 0.343 e. The first-order valence-electron chi connectivity index (χ1n) is 22.9. The molecule has 1 unspecified atom stereocenters. The van der Waals surface area contributed by atoms with E-state index in [1.165, 1.54) is 89.5 Å². The molecule has 1 aliphatic carbocycles. The summed E-state index contributed by atoms with van der Waals surface area (Å²) in [6, 6.07) is 30.0. The number of ether oxygens (including phenoxy) is 5. The Labute approximate surface area is 354 Å². The molecule has 0 spiro atoms. The molecule has 2 saturated heterocycles. The lowest BCUT2D eigenvalue weighted by molar-refractivity contribution is -0.150. The fraction of sp³-hybridized carbons (Fsp3) is 0.528. The predicted molar refractivity (Wildman–Crippen MR) is 239 cm³/mol. The van der Waals surface area contributed by atoms with Crippen LogP contribution in [0.25, 0.3) is 22.3 Å². The molecule has 59 heavy (non-hydrogen) atoms. The Morgan fingerprint density at radius 3 is 1.58 bits per heavy atom. The van der Waals surface area contributed by atoms with Crippen LogP contribution in [0.5, 0.6) is 5.75 Å². The van der Waals surface area contributed by atoms with Gasteiger partial charge in [0, 0.05) is 30.0 Å². The number of carbonyl (C=O) groups excluding carboxylic acids is 1. The largest absolute Gasteiger partial charge is 0.423 e. The minimum Gasteiger partial charge on any atom is -0.423 e. The Hall–Kier alpha value is -3.81. The number of carbonyl (C=O) groups is 1. The maximum absolute atomic E-state index is 13.2. The molecule has 6 nitrogen and oxygen atoms in total. The van der Waals surface area contributed by atoms with Crippen molar-refractivity contribution in [2.45, 2.75) is 117 Å². The number of rotatable bonds is 25. The molecule has 0 aromatic heterocycles. The van der Waals surface area contributed by atoms with E-state index < -0.39 is 0 Å². The summed E-state index contributed by atoms with van der Waals surface area (Å²) in [6.45, 7) is 13.6. The van der Waals surface area contributed by atoms with Crippen molar-refractivity contribution in [3.8, 4) is 28.0 Å². The van der Waals surface area contributed by atoms with Crippen LogP contribution in [0.2, 0.25) is 0 Å². The number of fused-ring (bicyclic) bond motifs is 3. The lowest BCUT2D eigenvalue weighted by Crippen LogP contribution is -2.45. The maximum Gasteiger partial charge on any atom is 0.343 e. The van der Waals surface area contributed by atoms with Crippen LogP contribution >= 0.6 is 0 Å². The van der Waals surface area contributed by atoms with Crippen LogP contribution in [0.3, 0.4) is 0 Å². The van der Waals surface area contributed by atoms with Crippen molar-refractivity contribution in [2.24, 2.45) is 10.8 Å². The van der Waals surface area contributed by atoms with Crippen LogP contribution in [0.4, 0.5) is 0 Å². The van der Waals surface area contributed by atoms with Crippen molar-refractivity contribution in [1.82, 2.24) is 0 Å². The lowest BCUT2D eigenvalue weighted by Gasteiger charge is -2.40. The van der Waals surface area contributed by atoms with Gasteiger partial charge in [-0.3, -0.25) is 0 Å². The molecular formula is C53H68O6. The molecular weight excluding hydrogens is 733 g/mol. The average Bonchev–Trinajstić information content (AvgIpc) is 3.51. The standard InChI is InChI=1S/C53H68O6/c1-4-52(36-57-37-52)34-55-30-14-10-6-8-12-16-41-18-22-43(23-19-41)45-26-28-47-48-29-27-46(33-50(48)40(3)49(47)32-45)59-51(54)44-24-20-42(21-25-44)17-13-9-7-11-15-31-56-35-53(5-2)38-58-39-53/h18-29,32-33,40H,4-17,30-31,34-39H2,1-3H3. The van der Waals surface area contributed by atoms with E-state index in [1.807, 2.05) is 18.2 Å². The summed E-state index contributed by atoms with van der Waals surface area (Å²) < 4.78 is 28.6. The van der Waals surface area contributed by atoms with Gasteiger partial charge in [0.2, 0.25) is 0 Å². The minimum atomic E-state index is -0.316. The molecule has 7 rings (SSSR count). The molecule has 1 atom stereocenters. The highest BCUT2D eigenvalue weighted by molar-refractivity contribution is 5.91. The number of hydrogen-bond acceptors (Lipinski definition) is 6. The minimum absolute atomic E-state index is 0.211. The summed E-state index contributed by atoms with van der Waals surface area (Å²) in [5.41, 5.74) is 11.3. The number of aryl methyl sites for hydroxylation is 2. The van der Waals surface area contributed by atoms with E-state index in [2.05, 4.69) is 87.5 Å². The van der Waals surface area contributed by atoms with Gasteiger partial charge in [-0.2, -0.15) is 0 Å². The molecule has 2 fully saturated rings. The highest BCUT2D eigenvalue weighted by Crippen LogP contribution is 2.47. The molecule has 0 radical (unpaired) electrons. The van der Waals surface area contributed by atoms with Crippen LogP contribution in [0.15, 0.2) is 84.9 Å². The zero-order valence-corrected chi connectivity index (χ0v) is 36.2. The van der Waals surface area contributed by atoms with E-state index in [9.17, 15) is 4.79 Å². The predicted octanol–water partition coefficient (Wildman–Crippen LogP) is 12.6. The third-order valence-electron chi connectivity index (χ3n) is 13.4. The second-order valence-electron chi connectivity index (χ2n) is 17.9. The third kappa shape index (κ3) is 11.3. The Morgan fingerprint density at radius 1 is 0.576 bits per heavy atom. The van der Waals surface area contributed by atoms with Gasteiger partial charge in [-0.25, -0.2) is 4.79 Å². The highest BCUT2D eigenvalue weighted by Gasteiger charge is 2.37. The first-order chi connectivity index (χ1) is 28.9. The van der Waals surface area contributed by atoms with Crippen molar-refractivity contribution in [2.75, 3.05) is 52.9 Å². The summed E-state index contributed by atoms with van der Waals surface area (Å²) >= 11 is 0. The highest BCUT2D eigenvalue weighted by atomic mass is 16.5. The van der Waals surface area contributed by atoms with Gasteiger partial charge in [-0.1, -0.05) is 114 Å². The van der Waals surface area contributed by atoms with E-state index in [1.54, 1.807) is 0 Å². The van der Waals surface area contributed by atoms with Crippen LogP contribution in [0, 0.1) is 10.8 Å². The average molecular weight is 801 g/mol. The van der Waals surface area contributed by atoms with E-state index in [0.29, 0.717) is 16.7 Å². The number of benzene rings is 4. The van der Waals surface area contributed by atoms with E-state index in [-0.39, 0.29) is 17.3 Å². The van der Waals surface area contributed by atoms with E-state index in [0.717, 1.165) is 97.8 Å². The van der Waals surface area contributed by atoms with Crippen molar-refractivity contribution in [3.05, 3.63) is 113 Å².